The molecule has 0 saturated heterocycles. The van der Waals surface area contributed by atoms with Gasteiger partial charge in [0.25, 0.3) is 0 Å². The third kappa shape index (κ3) is 7.03. The standard InChI is InChI=1S/C30H35F3N2O6/c1-19-14-22-21-4-2-3-5-25(21)34-28(22)29(35(19)18-30(33)6-7-30)27-23(31)15-20(16-24(27)32)41-13-12-39-9-8-38-10-11-40-17-26(36)37/h2-5,15-16,19,29,34H,6-14,17-18H2,1H3,(H,36,37)/t19-,29-/m1/s1. The normalized spacial score (nSPS) is 19.8. The number of halogens is 3. The van der Waals surface area contributed by atoms with Crippen LogP contribution >= 0.6 is 0 Å². The largest absolute Gasteiger partial charge is 0.491 e. The quantitative estimate of drug-likeness (QED) is 0.251. The average molecular weight is 577 g/mol. The van der Waals surface area contributed by atoms with Gasteiger partial charge in [0.15, 0.2) is 0 Å². The van der Waals surface area contributed by atoms with Crippen molar-refractivity contribution in [2.45, 2.75) is 43.9 Å². The number of ether oxygens (including phenoxy) is 4. The molecule has 5 rings (SSSR count). The molecule has 2 N–H and O–H groups in total. The van der Waals surface area contributed by atoms with Gasteiger partial charge in [-0.1, -0.05) is 18.2 Å². The van der Waals surface area contributed by atoms with Gasteiger partial charge in [-0.25, -0.2) is 18.0 Å². The fourth-order valence-corrected chi connectivity index (χ4v) is 5.41. The Bertz CT molecular complexity index is 1340. The number of carboxylic acids is 1. The number of nitrogens with one attached hydrogen (secondary N) is 1. The second-order valence-electron chi connectivity index (χ2n) is 10.7. The molecule has 8 nitrogen and oxygen atoms in total. The number of carbonyl (C=O) groups is 1. The highest BCUT2D eigenvalue weighted by molar-refractivity contribution is 5.85. The van der Waals surface area contributed by atoms with E-state index in [4.69, 9.17) is 24.1 Å². The van der Waals surface area contributed by atoms with Gasteiger partial charge in [-0.05, 0) is 37.8 Å². The fourth-order valence-electron chi connectivity index (χ4n) is 5.41. The summed E-state index contributed by atoms with van der Waals surface area (Å²) in [5, 5.41) is 9.50. The van der Waals surface area contributed by atoms with E-state index in [1.165, 1.54) is 12.1 Å². The first kappa shape index (κ1) is 29.4. The fraction of sp³-hybridized carbons (Fsp3) is 0.500. The molecule has 0 amide bonds. The zero-order valence-corrected chi connectivity index (χ0v) is 23.0. The van der Waals surface area contributed by atoms with E-state index >= 15 is 13.2 Å². The number of H-pyrrole nitrogens is 1. The highest BCUT2D eigenvalue weighted by Crippen LogP contribution is 2.47. The molecule has 0 bridgehead atoms. The van der Waals surface area contributed by atoms with Gasteiger partial charge in [-0.3, -0.25) is 4.90 Å². The molecular formula is C30H35F3N2O6. The van der Waals surface area contributed by atoms with Gasteiger partial charge in [0.05, 0.1) is 39.1 Å². The minimum Gasteiger partial charge on any atom is -0.491 e. The summed E-state index contributed by atoms with van der Waals surface area (Å²) in [6, 6.07) is 9.19. The van der Waals surface area contributed by atoms with Crippen LogP contribution in [-0.2, 0) is 25.4 Å². The molecular weight excluding hydrogens is 541 g/mol. The summed E-state index contributed by atoms with van der Waals surface area (Å²) < 4.78 is 67.5. The number of hydrogen-bond acceptors (Lipinski definition) is 6. The lowest BCUT2D eigenvalue weighted by Crippen LogP contribution is -2.46. The number of hydrogen-bond donors (Lipinski definition) is 2. The lowest BCUT2D eigenvalue weighted by atomic mass is 9.87. The molecule has 222 valence electrons. The second kappa shape index (κ2) is 12.8. The Morgan fingerprint density at radius 2 is 1.66 bits per heavy atom. The van der Waals surface area contributed by atoms with Gasteiger partial charge < -0.3 is 29.0 Å². The maximum absolute atomic E-state index is 15.7. The van der Waals surface area contributed by atoms with Crippen molar-refractivity contribution in [1.29, 1.82) is 0 Å². The molecule has 1 aliphatic heterocycles. The minimum atomic E-state index is -1.33. The maximum Gasteiger partial charge on any atom is 0.329 e. The number of nitrogens with zero attached hydrogens (tertiary/aromatic N) is 1. The predicted octanol–water partition coefficient (Wildman–Crippen LogP) is 4.80. The van der Waals surface area contributed by atoms with Gasteiger partial charge in [0.1, 0.15) is 36.3 Å². The molecule has 1 aromatic heterocycles. The summed E-state index contributed by atoms with van der Waals surface area (Å²) in [5.41, 5.74) is 1.14. The van der Waals surface area contributed by atoms with Gasteiger partial charge in [-0.2, -0.15) is 0 Å². The first-order valence-electron chi connectivity index (χ1n) is 13.9. The van der Waals surface area contributed by atoms with E-state index in [1.807, 2.05) is 36.1 Å². The monoisotopic (exact) mass is 576 g/mol. The smallest absolute Gasteiger partial charge is 0.329 e. The summed E-state index contributed by atoms with van der Waals surface area (Å²) in [7, 11) is 0. The molecule has 41 heavy (non-hydrogen) atoms. The predicted molar refractivity (Wildman–Crippen MR) is 145 cm³/mol. The van der Waals surface area contributed by atoms with Crippen LogP contribution in [0.15, 0.2) is 36.4 Å². The van der Waals surface area contributed by atoms with E-state index in [0.29, 0.717) is 25.0 Å². The first-order valence-corrected chi connectivity index (χ1v) is 13.9. The average Bonchev–Trinajstić information content (AvgIpc) is 3.55. The van der Waals surface area contributed by atoms with E-state index in [2.05, 4.69) is 4.98 Å². The zero-order valence-electron chi connectivity index (χ0n) is 23.0. The van der Waals surface area contributed by atoms with Crippen LogP contribution in [0.5, 0.6) is 5.75 Å². The van der Waals surface area contributed by atoms with Crippen LogP contribution in [0.3, 0.4) is 0 Å². The number of para-hydroxylation sites is 1. The number of aromatic amines is 1. The number of carboxylic acid groups (broad SMARTS) is 1. The Hall–Kier alpha value is -3.12. The summed E-state index contributed by atoms with van der Waals surface area (Å²) in [6.45, 7) is 2.91. The van der Waals surface area contributed by atoms with Crippen molar-refractivity contribution in [3.05, 3.63) is 64.9 Å². The second-order valence-corrected chi connectivity index (χ2v) is 10.7. The third-order valence-electron chi connectivity index (χ3n) is 7.57. The molecule has 2 heterocycles. The zero-order chi connectivity index (χ0) is 29.0. The molecule has 1 saturated carbocycles. The number of aliphatic carboxylic acids is 1. The Labute approximate surface area is 236 Å². The van der Waals surface area contributed by atoms with Crippen molar-refractivity contribution < 1.29 is 42.0 Å². The SMILES string of the molecule is C[C@@H]1Cc2c([nH]c3ccccc23)[C@@H](c2c(F)cc(OCCOCCOCCOCC(=O)O)cc2F)N1CC1(F)CC1. The van der Waals surface area contributed by atoms with Crippen molar-refractivity contribution in [1.82, 2.24) is 9.88 Å². The van der Waals surface area contributed by atoms with Crippen LogP contribution in [0.1, 0.15) is 42.6 Å². The van der Waals surface area contributed by atoms with Gasteiger partial charge in [0.2, 0.25) is 0 Å². The summed E-state index contributed by atoms with van der Waals surface area (Å²) >= 11 is 0. The maximum atomic E-state index is 15.7. The van der Waals surface area contributed by atoms with Crippen LogP contribution in [0.4, 0.5) is 13.2 Å². The molecule has 0 spiro atoms. The van der Waals surface area contributed by atoms with Crippen LogP contribution in [0.2, 0.25) is 0 Å². The number of fused-ring (bicyclic) bond motifs is 3. The third-order valence-corrected chi connectivity index (χ3v) is 7.57. The highest BCUT2D eigenvalue weighted by Gasteiger charge is 2.49. The summed E-state index contributed by atoms with van der Waals surface area (Å²) in [5.74, 6) is -2.51. The molecule has 2 atom stereocenters. The van der Waals surface area contributed by atoms with Crippen molar-refractivity contribution >= 4 is 16.9 Å². The topological polar surface area (TPSA) is 93.2 Å². The number of rotatable bonds is 15. The summed E-state index contributed by atoms with van der Waals surface area (Å²) in [4.78, 5) is 15.6. The Kier molecular flexibility index (Phi) is 9.18. The van der Waals surface area contributed by atoms with E-state index in [1.54, 1.807) is 0 Å². The van der Waals surface area contributed by atoms with Crippen molar-refractivity contribution in [2.75, 3.05) is 52.8 Å². The summed E-state index contributed by atoms with van der Waals surface area (Å²) in [6.07, 6.45) is 1.56. The van der Waals surface area contributed by atoms with Crippen LogP contribution in [0.25, 0.3) is 10.9 Å². The van der Waals surface area contributed by atoms with Gasteiger partial charge in [0, 0.05) is 46.9 Å². The molecule has 1 fully saturated rings. The highest BCUT2D eigenvalue weighted by atomic mass is 19.1. The molecule has 0 unspecified atom stereocenters. The number of benzene rings is 2. The lowest BCUT2D eigenvalue weighted by Gasteiger charge is -2.41. The van der Waals surface area contributed by atoms with Gasteiger partial charge in [-0.15, -0.1) is 0 Å². The van der Waals surface area contributed by atoms with Crippen LogP contribution in [0, 0.1) is 11.6 Å². The molecule has 1 aliphatic carbocycles. The number of aromatic nitrogens is 1. The Morgan fingerprint density at radius 3 is 2.32 bits per heavy atom. The molecule has 2 aromatic carbocycles. The Balaban J connectivity index is 1.23. The van der Waals surface area contributed by atoms with Crippen molar-refractivity contribution in [2.24, 2.45) is 0 Å². The van der Waals surface area contributed by atoms with E-state index in [-0.39, 0.29) is 70.1 Å². The van der Waals surface area contributed by atoms with Gasteiger partial charge >= 0.3 is 5.97 Å². The number of alkyl halides is 1. The lowest BCUT2D eigenvalue weighted by molar-refractivity contribution is -0.142. The molecule has 2 aliphatic rings. The first-order chi connectivity index (χ1) is 19.8. The Morgan fingerprint density at radius 1 is 1.02 bits per heavy atom. The molecule has 3 aromatic rings. The van der Waals surface area contributed by atoms with E-state index in [0.717, 1.165) is 16.5 Å². The van der Waals surface area contributed by atoms with Crippen molar-refractivity contribution in [3.63, 3.8) is 0 Å². The van der Waals surface area contributed by atoms with Crippen LogP contribution in [-0.4, -0.2) is 85.5 Å². The van der Waals surface area contributed by atoms with Crippen molar-refractivity contribution in [3.8, 4) is 5.75 Å². The van der Waals surface area contributed by atoms with Crippen LogP contribution < -0.4 is 4.74 Å². The van der Waals surface area contributed by atoms with E-state index in [9.17, 15) is 4.79 Å². The van der Waals surface area contributed by atoms with E-state index < -0.39 is 29.3 Å². The molecule has 0 radical (unpaired) electrons. The minimum absolute atomic E-state index is 0.0376. The molecule has 11 heteroatoms.